The first-order valence-electron chi connectivity index (χ1n) is 5.44. The van der Waals surface area contributed by atoms with Gasteiger partial charge in [0.1, 0.15) is 5.75 Å². The number of carbonyl (C=O) groups is 1. The van der Waals surface area contributed by atoms with Crippen molar-refractivity contribution < 1.29 is 9.90 Å². The van der Waals surface area contributed by atoms with Gasteiger partial charge < -0.3 is 10.4 Å². The maximum atomic E-state index is 11.9. The molecule has 2 aromatic carbocycles. The minimum atomic E-state index is -0.214. The summed E-state index contributed by atoms with van der Waals surface area (Å²) in [6.45, 7) is 0. The molecule has 0 atom stereocenters. The topological polar surface area (TPSA) is 49.3 Å². The van der Waals surface area contributed by atoms with Crippen LogP contribution >= 0.6 is 11.6 Å². The van der Waals surface area contributed by atoms with Crippen LogP contribution in [0, 0.1) is 0 Å². The summed E-state index contributed by atoms with van der Waals surface area (Å²) in [5.41, 5.74) is 2.20. The number of rotatable bonds is 3. The number of phenolic OH excluding ortho intramolecular Hbond substituents is 1. The van der Waals surface area contributed by atoms with Gasteiger partial charge in [-0.3, -0.25) is 4.79 Å². The van der Waals surface area contributed by atoms with Crippen molar-refractivity contribution in [1.29, 1.82) is 0 Å². The Morgan fingerprint density at radius 1 is 1.06 bits per heavy atom. The number of hydrogen-bond acceptors (Lipinski definition) is 2. The van der Waals surface area contributed by atoms with Crippen LogP contribution in [0.1, 0.15) is 15.9 Å². The van der Waals surface area contributed by atoms with E-state index in [4.69, 9.17) is 16.7 Å². The Labute approximate surface area is 110 Å². The smallest absolute Gasteiger partial charge is 0.255 e. The minimum Gasteiger partial charge on any atom is -0.508 e. The van der Waals surface area contributed by atoms with Crippen molar-refractivity contribution in [3.8, 4) is 5.75 Å². The first-order chi connectivity index (χ1) is 8.69. The van der Waals surface area contributed by atoms with Gasteiger partial charge in [-0.1, -0.05) is 12.1 Å². The van der Waals surface area contributed by atoms with Crippen LogP contribution in [0.5, 0.6) is 5.75 Å². The van der Waals surface area contributed by atoms with E-state index in [1.54, 1.807) is 24.3 Å². The number of anilines is 1. The molecule has 2 rings (SSSR count). The van der Waals surface area contributed by atoms with Gasteiger partial charge in [0.25, 0.3) is 5.91 Å². The molecule has 0 unspecified atom stereocenters. The Hall–Kier alpha value is -2.00. The molecule has 0 fully saturated rings. The summed E-state index contributed by atoms with van der Waals surface area (Å²) in [4.78, 5) is 11.9. The van der Waals surface area contributed by atoms with E-state index in [0.29, 0.717) is 17.1 Å². The van der Waals surface area contributed by atoms with Crippen molar-refractivity contribution in [1.82, 2.24) is 0 Å². The number of carbonyl (C=O) groups excluding carboxylic acids is 1. The molecule has 0 saturated heterocycles. The number of nitrogens with one attached hydrogen (secondary N) is 1. The van der Waals surface area contributed by atoms with Crippen LogP contribution in [0.2, 0.25) is 0 Å². The quantitative estimate of drug-likeness (QED) is 0.832. The van der Waals surface area contributed by atoms with E-state index in [1.807, 2.05) is 12.1 Å². The molecule has 0 aliphatic carbocycles. The molecule has 1 amide bonds. The van der Waals surface area contributed by atoms with Gasteiger partial charge in [0, 0.05) is 17.1 Å². The molecular formula is C14H12ClNO2. The predicted octanol–water partition coefficient (Wildman–Crippen LogP) is 3.38. The van der Waals surface area contributed by atoms with E-state index >= 15 is 0 Å². The molecule has 0 aromatic heterocycles. The van der Waals surface area contributed by atoms with Gasteiger partial charge in [0.15, 0.2) is 0 Å². The van der Waals surface area contributed by atoms with Crippen LogP contribution in [0.3, 0.4) is 0 Å². The highest BCUT2D eigenvalue weighted by Gasteiger charge is 2.05. The number of amides is 1. The standard InChI is InChI=1S/C14H12ClNO2/c15-9-10-1-5-12(6-2-10)16-14(18)11-3-7-13(17)8-4-11/h1-8,17H,9H2,(H,16,18). The first-order valence-corrected chi connectivity index (χ1v) is 5.98. The lowest BCUT2D eigenvalue weighted by Crippen LogP contribution is -2.11. The summed E-state index contributed by atoms with van der Waals surface area (Å²) in [5.74, 6) is 0.373. The normalized spacial score (nSPS) is 10.1. The van der Waals surface area contributed by atoms with Gasteiger partial charge in [-0.15, -0.1) is 11.6 Å². The minimum absolute atomic E-state index is 0.137. The molecular weight excluding hydrogens is 250 g/mol. The summed E-state index contributed by atoms with van der Waals surface area (Å²) in [6, 6.07) is 13.4. The lowest BCUT2D eigenvalue weighted by molar-refractivity contribution is 0.102. The highest BCUT2D eigenvalue weighted by atomic mass is 35.5. The number of halogens is 1. The Balaban J connectivity index is 2.08. The van der Waals surface area contributed by atoms with Gasteiger partial charge in [0.2, 0.25) is 0 Å². The Bertz CT molecular complexity index is 535. The fourth-order valence-corrected chi connectivity index (χ4v) is 1.67. The molecule has 2 N–H and O–H groups in total. The molecule has 0 saturated carbocycles. The van der Waals surface area contributed by atoms with Gasteiger partial charge in [0.05, 0.1) is 0 Å². The average Bonchev–Trinajstić information content (AvgIpc) is 2.40. The van der Waals surface area contributed by atoms with Gasteiger partial charge in [-0.05, 0) is 42.0 Å². The predicted molar refractivity (Wildman–Crippen MR) is 72.1 cm³/mol. The summed E-state index contributed by atoms with van der Waals surface area (Å²) in [7, 11) is 0. The molecule has 18 heavy (non-hydrogen) atoms. The van der Waals surface area contributed by atoms with Gasteiger partial charge >= 0.3 is 0 Å². The van der Waals surface area contributed by atoms with Crippen LogP contribution in [0.15, 0.2) is 48.5 Å². The number of aromatic hydroxyl groups is 1. The zero-order valence-electron chi connectivity index (χ0n) is 9.56. The highest BCUT2D eigenvalue weighted by Crippen LogP contribution is 2.14. The summed E-state index contributed by atoms with van der Waals surface area (Å²) < 4.78 is 0. The van der Waals surface area contributed by atoms with Crippen LogP contribution in [0.25, 0.3) is 0 Å². The van der Waals surface area contributed by atoms with Crippen molar-refractivity contribution in [2.75, 3.05) is 5.32 Å². The average molecular weight is 262 g/mol. The number of benzene rings is 2. The second kappa shape index (κ2) is 5.56. The second-order valence-electron chi connectivity index (χ2n) is 3.83. The number of hydrogen-bond donors (Lipinski definition) is 2. The van der Waals surface area contributed by atoms with Crippen molar-refractivity contribution in [3.05, 3.63) is 59.7 Å². The third-order valence-electron chi connectivity index (χ3n) is 2.50. The van der Waals surface area contributed by atoms with Gasteiger partial charge in [-0.25, -0.2) is 0 Å². The van der Waals surface area contributed by atoms with E-state index in [-0.39, 0.29) is 11.7 Å². The fraction of sp³-hybridized carbons (Fsp3) is 0.0714. The Kier molecular flexibility index (Phi) is 3.85. The first kappa shape index (κ1) is 12.5. The van der Waals surface area contributed by atoms with Crippen molar-refractivity contribution in [2.24, 2.45) is 0 Å². The zero-order valence-corrected chi connectivity index (χ0v) is 10.3. The molecule has 3 nitrogen and oxygen atoms in total. The highest BCUT2D eigenvalue weighted by molar-refractivity contribution is 6.17. The Morgan fingerprint density at radius 2 is 1.67 bits per heavy atom. The lowest BCUT2D eigenvalue weighted by Gasteiger charge is -2.06. The Morgan fingerprint density at radius 3 is 2.22 bits per heavy atom. The maximum absolute atomic E-state index is 11.9. The summed E-state index contributed by atoms with van der Waals surface area (Å²) in [5, 5.41) is 11.9. The molecule has 0 heterocycles. The van der Waals surface area contributed by atoms with E-state index in [9.17, 15) is 4.79 Å². The molecule has 0 spiro atoms. The molecule has 4 heteroatoms. The van der Waals surface area contributed by atoms with Crippen LogP contribution < -0.4 is 5.32 Å². The summed E-state index contributed by atoms with van der Waals surface area (Å²) in [6.07, 6.45) is 0. The third kappa shape index (κ3) is 3.02. The van der Waals surface area contributed by atoms with Crippen molar-refractivity contribution >= 4 is 23.2 Å². The molecule has 2 aromatic rings. The number of alkyl halides is 1. The van der Waals surface area contributed by atoms with E-state index < -0.39 is 0 Å². The lowest BCUT2D eigenvalue weighted by atomic mass is 10.2. The van der Waals surface area contributed by atoms with Crippen molar-refractivity contribution in [3.63, 3.8) is 0 Å². The molecule has 92 valence electrons. The van der Waals surface area contributed by atoms with Crippen LogP contribution in [-0.4, -0.2) is 11.0 Å². The monoisotopic (exact) mass is 261 g/mol. The zero-order chi connectivity index (χ0) is 13.0. The fourth-order valence-electron chi connectivity index (χ4n) is 1.49. The van der Waals surface area contributed by atoms with E-state index in [1.165, 1.54) is 12.1 Å². The molecule has 0 bridgehead atoms. The maximum Gasteiger partial charge on any atom is 0.255 e. The second-order valence-corrected chi connectivity index (χ2v) is 4.10. The molecule has 0 aliphatic rings. The molecule has 0 aliphatic heterocycles. The van der Waals surface area contributed by atoms with Crippen molar-refractivity contribution in [2.45, 2.75) is 5.88 Å². The largest absolute Gasteiger partial charge is 0.508 e. The van der Waals surface area contributed by atoms with E-state index in [0.717, 1.165) is 5.56 Å². The van der Waals surface area contributed by atoms with Gasteiger partial charge in [-0.2, -0.15) is 0 Å². The van der Waals surface area contributed by atoms with Crippen LogP contribution in [-0.2, 0) is 5.88 Å². The summed E-state index contributed by atoms with van der Waals surface area (Å²) >= 11 is 5.68. The third-order valence-corrected chi connectivity index (χ3v) is 2.80. The van der Waals surface area contributed by atoms with E-state index in [2.05, 4.69) is 5.32 Å². The van der Waals surface area contributed by atoms with Crippen LogP contribution in [0.4, 0.5) is 5.69 Å². The SMILES string of the molecule is O=C(Nc1ccc(CCl)cc1)c1ccc(O)cc1. The number of phenols is 1. The molecule has 0 radical (unpaired) electrons.